The number of esters is 1. The van der Waals surface area contributed by atoms with E-state index in [1.807, 2.05) is 30.3 Å². The van der Waals surface area contributed by atoms with Crippen LogP contribution in [0.15, 0.2) is 64.6 Å². The molecule has 1 heterocycles. The molecule has 1 atom stereocenters. The molecule has 150 valence electrons. The quantitative estimate of drug-likeness (QED) is 0.299. The second-order valence-electron chi connectivity index (χ2n) is 6.30. The van der Waals surface area contributed by atoms with E-state index in [2.05, 4.69) is 5.10 Å². The SMILES string of the molecule is C[C@@H](Sc1ccc([N+](=O)[O-])cc1)C(=O)OCC(=O)N1CCC(c2ccccc2)=N1. The molecule has 0 saturated carbocycles. The molecule has 0 spiro atoms. The van der Waals surface area contributed by atoms with Crippen LogP contribution in [0.3, 0.4) is 0 Å². The van der Waals surface area contributed by atoms with Crippen molar-refractivity contribution in [2.75, 3.05) is 13.2 Å². The molecule has 8 nitrogen and oxygen atoms in total. The van der Waals surface area contributed by atoms with Crippen molar-refractivity contribution in [1.29, 1.82) is 0 Å². The highest BCUT2D eigenvalue weighted by Gasteiger charge is 2.24. The number of nitro groups is 1. The van der Waals surface area contributed by atoms with Gasteiger partial charge in [-0.1, -0.05) is 30.3 Å². The van der Waals surface area contributed by atoms with Gasteiger partial charge >= 0.3 is 5.97 Å². The standard InChI is InChI=1S/C20H19N3O5S/c1-14(29-17-9-7-16(8-10-17)23(26)27)20(25)28-13-19(24)22-12-11-18(21-22)15-5-3-2-4-6-15/h2-10,14H,11-13H2,1H3/t14-/m1/s1. The monoisotopic (exact) mass is 413 g/mol. The molecule has 0 radical (unpaired) electrons. The summed E-state index contributed by atoms with van der Waals surface area (Å²) in [7, 11) is 0. The Hall–Kier alpha value is -3.20. The zero-order valence-corrected chi connectivity index (χ0v) is 16.5. The minimum Gasteiger partial charge on any atom is -0.455 e. The zero-order chi connectivity index (χ0) is 20.8. The largest absolute Gasteiger partial charge is 0.455 e. The number of carbonyl (C=O) groups excluding carboxylic acids is 2. The van der Waals surface area contributed by atoms with Crippen LogP contribution in [0.4, 0.5) is 5.69 Å². The number of carbonyl (C=O) groups is 2. The Labute approximate surface area is 171 Å². The van der Waals surface area contributed by atoms with E-state index in [1.165, 1.54) is 28.9 Å². The van der Waals surface area contributed by atoms with E-state index >= 15 is 0 Å². The molecule has 0 aliphatic carbocycles. The third kappa shape index (κ3) is 5.41. The molecule has 9 heteroatoms. The summed E-state index contributed by atoms with van der Waals surface area (Å²) in [6, 6.07) is 15.5. The van der Waals surface area contributed by atoms with Crippen LogP contribution in [0.2, 0.25) is 0 Å². The van der Waals surface area contributed by atoms with Gasteiger partial charge in [-0.05, 0) is 24.6 Å². The van der Waals surface area contributed by atoms with Crippen molar-refractivity contribution in [2.24, 2.45) is 5.10 Å². The van der Waals surface area contributed by atoms with Gasteiger partial charge in [0, 0.05) is 23.4 Å². The highest BCUT2D eigenvalue weighted by Crippen LogP contribution is 2.26. The van der Waals surface area contributed by atoms with Crippen LogP contribution in [0.25, 0.3) is 0 Å². The predicted octanol–water partition coefficient (Wildman–Crippen LogP) is 3.26. The lowest BCUT2D eigenvalue weighted by molar-refractivity contribution is -0.384. The summed E-state index contributed by atoms with van der Waals surface area (Å²) >= 11 is 1.20. The molecule has 0 saturated heterocycles. The molecule has 0 N–H and O–H groups in total. The summed E-state index contributed by atoms with van der Waals surface area (Å²) in [5.74, 6) is -0.912. The van der Waals surface area contributed by atoms with Crippen LogP contribution in [0, 0.1) is 10.1 Å². The lowest BCUT2D eigenvalue weighted by atomic mass is 10.1. The highest BCUT2D eigenvalue weighted by molar-refractivity contribution is 8.00. The molecule has 2 aromatic carbocycles. The van der Waals surface area contributed by atoms with Crippen LogP contribution in [-0.4, -0.2) is 45.9 Å². The lowest BCUT2D eigenvalue weighted by Gasteiger charge is -2.14. The Bertz CT molecular complexity index is 931. The Morgan fingerprint density at radius 1 is 1.21 bits per heavy atom. The first-order chi connectivity index (χ1) is 13.9. The second kappa shape index (κ2) is 9.33. The Balaban J connectivity index is 1.49. The first-order valence-electron chi connectivity index (χ1n) is 8.95. The highest BCUT2D eigenvalue weighted by atomic mass is 32.2. The van der Waals surface area contributed by atoms with Gasteiger partial charge in [0.05, 0.1) is 17.2 Å². The molecule has 0 unspecified atom stereocenters. The van der Waals surface area contributed by atoms with Gasteiger partial charge in [0.15, 0.2) is 6.61 Å². The fraction of sp³-hybridized carbons (Fsp3) is 0.250. The van der Waals surface area contributed by atoms with Crippen molar-refractivity contribution in [2.45, 2.75) is 23.5 Å². The minimum absolute atomic E-state index is 0.0174. The van der Waals surface area contributed by atoms with Crippen molar-refractivity contribution < 1.29 is 19.2 Å². The van der Waals surface area contributed by atoms with Gasteiger partial charge in [-0.2, -0.15) is 5.10 Å². The third-order valence-electron chi connectivity index (χ3n) is 4.23. The number of nitrogens with zero attached hydrogens (tertiary/aromatic N) is 3. The van der Waals surface area contributed by atoms with E-state index in [1.54, 1.807) is 19.1 Å². The first kappa shape index (κ1) is 20.5. The van der Waals surface area contributed by atoms with E-state index in [-0.39, 0.29) is 18.2 Å². The van der Waals surface area contributed by atoms with Crippen LogP contribution in [0.5, 0.6) is 0 Å². The number of ether oxygens (including phenoxy) is 1. The molecule has 2 aromatic rings. The average molecular weight is 413 g/mol. The Morgan fingerprint density at radius 2 is 1.90 bits per heavy atom. The van der Waals surface area contributed by atoms with E-state index in [0.29, 0.717) is 17.9 Å². The zero-order valence-electron chi connectivity index (χ0n) is 15.7. The molecule has 1 aliphatic rings. The maximum atomic E-state index is 12.3. The maximum Gasteiger partial charge on any atom is 0.319 e. The van der Waals surface area contributed by atoms with E-state index in [4.69, 9.17) is 4.74 Å². The fourth-order valence-corrected chi connectivity index (χ4v) is 3.56. The number of nitro benzene ring substituents is 1. The molecule has 3 rings (SSSR count). The molecule has 0 aromatic heterocycles. The molecular weight excluding hydrogens is 394 g/mol. The summed E-state index contributed by atoms with van der Waals surface area (Å²) in [4.78, 5) is 35.3. The van der Waals surface area contributed by atoms with E-state index in [0.717, 1.165) is 11.3 Å². The number of hydrazone groups is 1. The van der Waals surface area contributed by atoms with Crippen molar-refractivity contribution in [3.63, 3.8) is 0 Å². The van der Waals surface area contributed by atoms with Crippen LogP contribution in [0.1, 0.15) is 18.9 Å². The van der Waals surface area contributed by atoms with Gasteiger partial charge in [-0.25, -0.2) is 5.01 Å². The summed E-state index contributed by atoms with van der Waals surface area (Å²) in [6.07, 6.45) is 0.649. The number of thioether (sulfide) groups is 1. The topological polar surface area (TPSA) is 102 Å². The van der Waals surface area contributed by atoms with Gasteiger partial charge in [0.1, 0.15) is 5.25 Å². The number of hydrogen-bond acceptors (Lipinski definition) is 7. The summed E-state index contributed by atoms with van der Waals surface area (Å²) in [5.41, 5.74) is 1.77. The number of amides is 1. The van der Waals surface area contributed by atoms with E-state index < -0.39 is 16.1 Å². The third-order valence-corrected chi connectivity index (χ3v) is 5.32. The van der Waals surface area contributed by atoms with E-state index in [9.17, 15) is 19.7 Å². The molecule has 1 aliphatic heterocycles. The lowest BCUT2D eigenvalue weighted by Crippen LogP contribution is -2.30. The molecule has 29 heavy (non-hydrogen) atoms. The number of hydrogen-bond donors (Lipinski definition) is 0. The van der Waals surface area contributed by atoms with Gasteiger partial charge in [0.2, 0.25) is 0 Å². The minimum atomic E-state index is -0.564. The fourth-order valence-electron chi connectivity index (χ4n) is 2.69. The average Bonchev–Trinajstić information content (AvgIpc) is 3.23. The number of non-ortho nitro benzene ring substituents is 1. The number of rotatable bonds is 7. The summed E-state index contributed by atoms with van der Waals surface area (Å²) < 4.78 is 5.12. The van der Waals surface area contributed by atoms with Gasteiger partial charge in [-0.3, -0.25) is 19.7 Å². The molecular formula is C20H19N3O5S. The van der Waals surface area contributed by atoms with Crippen molar-refractivity contribution in [3.8, 4) is 0 Å². The number of benzene rings is 2. The van der Waals surface area contributed by atoms with Crippen LogP contribution < -0.4 is 0 Å². The van der Waals surface area contributed by atoms with Crippen LogP contribution >= 0.6 is 11.8 Å². The Kier molecular flexibility index (Phi) is 6.61. The van der Waals surface area contributed by atoms with Crippen molar-refractivity contribution >= 4 is 35.0 Å². The molecule has 0 bridgehead atoms. The maximum absolute atomic E-state index is 12.3. The van der Waals surface area contributed by atoms with Gasteiger partial charge in [-0.15, -0.1) is 11.8 Å². The van der Waals surface area contributed by atoms with Crippen LogP contribution in [-0.2, 0) is 14.3 Å². The molecule has 1 amide bonds. The molecule has 0 fully saturated rings. The Morgan fingerprint density at radius 3 is 2.55 bits per heavy atom. The summed E-state index contributed by atoms with van der Waals surface area (Å²) in [5, 5.41) is 15.8. The van der Waals surface area contributed by atoms with Gasteiger partial charge < -0.3 is 4.74 Å². The summed E-state index contributed by atoms with van der Waals surface area (Å²) in [6.45, 7) is 1.73. The first-order valence-corrected chi connectivity index (χ1v) is 9.83. The predicted molar refractivity (Wildman–Crippen MR) is 109 cm³/mol. The normalized spacial score (nSPS) is 14.2. The second-order valence-corrected chi connectivity index (χ2v) is 7.71. The van der Waals surface area contributed by atoms with Crippen molar-refractivity contribution in [1.82, 2.24) is 5.01 Å². The van der Waals surface area contributed by atoms with Gasteiger partial charge in [0.25, 0.3) is 11.6 Å². The van der Waals surface area contributed by atoms with Crippen molar-refractivity contribution in [3.05, 3.63) is 70.3 Å². The smallest absolute Gasteiger partial charge is 0.319 e.